The second-order valence-electron chi connectivity index (χ2n) is 7.95. The number of hydrogen-bond donors (Lipinski definition) is 3. The first-order chi connectivity index (χ1) is 15.6. The van der Waals surface area contributed by atoms with Crippen LogP contribution in [0.5, 0.6) is 0 Å². The van der Waals surface area contributed by atoms with Gasteiger partial charge in [-0.05, 0) is 56.7 Å². The van der Waals surface area contributed by atoms with Crippen LogP contribution in [0.2, 0.25) is 0 Å². The van der Waals surface area contributed by atoms with Gasteiger partial charge in [0.05, 0.1) is 10.6 Å². The predicted octanol–water partition coefficient (Wildman–Crippen LogP) is 2.84. The lowest BCUT2D eigenvalue weighted by Crippen LogP contribution is -2.38. The van der Waals surface area contributed by atoms with E-state index in [1.165, 1.54) is 31.2 Å². The molecule has 11 heteroatoms. The van der Waals surface area contributed by atoms with Gasteiger partial charge in [0.2, 0.25) is 16.1 Å². The smallest absolute Gasteiger partial charge is 0.258 e. The van der Waals surface area contributed by atoms with Crippen LogP contribution < -0.4 is 15.5 Å². The first-order valence-corrected chi connectivity index (χ1v) is 11.9. The number of nitrogens with zero attached hydrogens (tertiary/aromatic N) is 2. The van der Waals surface area contributed by atoms with E-state index in [0.29, 0.717) is 11.4 Å². The highest BCUT2D eigenvalue weighted by Crippen LogP contribution is 2.22. The van der Waals surface area contributed by atoms with Gasteiger partial charge in [-0.15, -0.1) is 0 Å². The molecule has 1 saturated heterocycles. The van der Waals surface area contributed by atoms with E-state index in [2.05, 4.69) is 25.7 Å². The van der Waals surface area contributed by atoms with Crippen LogP contribution in [0.4, 0.5) is 11.4 Å². The molecule has 0 bridgehead atoms. The summed E-state index contributed by atoms with van der Waals surface area (Å²) in [5.41, 5.74) is 4.47. The molecule has 1 heterocycles. The van der Waals surface area contributed by atoms with Crippen molar-refractivity contribution in [2.24, 2.45) is 16.1 Å². The monoisotopic (exact) mass is 473 g/mol. The molecule has 3 rings (SSSR count). The number of carbonyl (C=O) groups is 2. The Morgan fingerprint density at radius 1 is 1.09 bits per heavy atom. The van der Waals surface area contributed by atoms with Crippen molar-refractivity contribution in [1.82, 2.24) is 10.2 Å². The number of anilines is 1. The molecule has 2 aromatic rings. The summed E-state index contributed by atoms with van der Waals surface area (Å²) in [5, 5.41) is 10.5. The number of hydrogen-bond acceptors (Lipinski definition) is 8. The molecule has 176 valence electrons. The summed E-state index contributed by atoms with van der Waals surface area (Å²) < 4.78 is 27.8. The number of azo groups is 1. The Labute approximate surface area is 192 Å². The number of benzene rings is 2. The molecular weight excluding hydrogens is 446 g/mol. The summed E-state index contributed by atoms with van der Waals surface area (Å²) in [4.78, 5) is 29.8. The molecule has 33 heavy (non-hydrogen) atoms. The van der Waals surface area contributed by atoms with E-state index in [9.17, 15) is 18.0 Å². The minimum atomic E-state index is -3.82. The quantitative estimate of drug-likeness (QED) is 0.398. The number of hydroxylamine groups is 1. The fourth-order valence-corrected chi connectivity index (χ4v) is 4.26. The van der Waals surface area contributed by atoms with Crippen molar-refractivity contribution in [3.63, 3.8) is 0 Å². The third-order valence-corrected chi connectivity index (χ3v) is 6.83. The van der Waals surface area contributed by atoms with E-state index >= 15 is 0 Å². The molecule has 0 aliphatic carbocycles. The third-order valence-electron chi connectivity index (χ3n) is 5.39. The number of para-hydroxylation sites is 1. The summed E-state index contributed by atoms with van der Waals surface area (Å²) in [5.74, 6) is -1.12. The fraction of sp³-hybridized carbons (Fsp3) is 0.364. The number of sulfonamides is 1. The third kappa shape index (κ3) is 6.08. The lowest BCUT2D eigenvalue weighted by Gasteiger charge is -2.16. The Balaban J connectivity index is 1.69. The summed E-state index contributed by atoms with van der Waals surface area (Å²) in [6.07, 6.45) is -0.688. The van der Waals surface area contributed by atoms with Crippen molar-refractivity contribution in [1.29, 1.82) is 0 Å². The number of nitrogens with one attached hydrogen (secondary N) is 3. The van der Waals surface area contributed by atoms with Crippen LogP contribution in [-0.2, 0) is 24.4 Å². The van der Waals surface area contributed by atoms with Gasteiger partial charge in [0, 0.05) is 17.6 Å². The van der Waals surface area contributed by atoms with E-state index in [-0.39, 0.29) is 16.9 Å². The van der Waals surface area contributed by atoms with Crippen LogP contribution >= 0.6 is 0 Å². The van der Waals surface area contributed by atoms with Gasteiger partial charge >= 0.3 is 0 Å². The van der Waals surface area contributed by atoms with Gasteiger partial charge in [0.1, 0.15) is 6.23 Å². The first kappa shape index (κ1) is 24.6. The maximum absolute atomic E-state index is 12.6. The maximum Gasteiger partial charge on any atom is 0.258 e. The SMILES string of the molecule is CC(=O)[C@H](N=Nc1ccc(S(=O)(=O)N[C@H]2ON[C@@H](C)[C@H]2C)cc1)C(=O)Nc1ccccc1C. The number of amides is 1. The molecule has 4 atom stereocenters. The van der Waals surface area contributed by atoms with Crippen LogP contribution in [0.1, 0.15) is 26.3 Å². The van der Waals surface area contributed by atoms with E-state index in [1.54, 1.807) is 12.1 Å². The van der Waals surface area contributed by atoms with Crippen molar-refractivity contribution in [2.75, 3.05) is 5.32 Å². The zero-order valence-corrected chi connectivity index (χ0v) is 19.6. The number of ketones is 1. The van der Waals surface area contributed by atoms with Crippen LogP contribution in [0, 0.1) is 12.8 Å². The van der Waals surface area contributed by atoms with Crippen molar-refractivity contribution in [3.05, 3.63) is 54.1 Å². The molecule has 1 amide bonds. The van der Waals surface area contributed by atoms with E-state index in [1.807, 2.05) is 32.9 Å². The molecule has 10 nitrogen and oxygen atoms in total. The van der Waals surface area contributed by atoms with E-state index in [4.69, 9.17) is 4.84 Å². The summed E-state index contributed by atoms with van der Waals surface area (Å²) >= 11 is 0. The van der Waals surface area contributed by atoms with Crippen LogP contribution in [0.25, 0.3) is 0 Å². The Morgan fingerprint density at radius 2 is 1.76 bits per heavy atom. The highest BCUT2D eigenvalue weighted by atomic mass is 32.2. The van der Waals surface area contributed by atoms with Crippen molar-refractivity contribution in [2.45, 2.75) is 50.9 Å². The Bertz CT molecular complexity index is 1150. The zero-order chi connectivity index (χ0) is 24.2. The molecule has 0 spiro atoms. The highest BCUT2D eigenvalue weighted by molar-refractivity contribution is 7.89. The van der Waals surface area contributed by atoms with Gasteiger partial charge in [-0.3, -0.25) is 14.4 Å². The number of aryl methyl sites for hydroxylation is 1. The first-order valence-electron chi connectivity index (χ1n) is 10.4. The van der Waals surface area contributed by atoms with Gasteiger partial charge in [-0.1, -0.05) is 25.1 Å². The molecule has 3 N–H and O–H groups in total. The van der Waals surface area contributed by atoms with Gasteiger partial charge in [0.25, 0.3) is 5.91 Å². The van der Waals surface area contributed by atoms with E-state index < -0.39 is 34.0 Å². The molecule has 0 saturated carbocycles. The maximum atomic E-state index is 12.6. The molecule has 0 unspecified atom stereocenters. The minimum absolute atomic E-state index is 0.0118. The number of rotatable bonds is 8. The number of Topliss-reactive ketones (excluding diaryl/α,β-unsaturated/α-hetero) is 1. The van der Waals surface area contributed by atoms with Crippen molar-refractivity contribution >= 4 is 33.1 Å². The topological polar surface area (TPSA) is 138 Å². The second-order valence-corrected chi connectivity index (χ2v) is 9.67. The van der Waals surface area contributed by atoms with Gasteiger partial charge in [-0.2, -0.15) is 20.4 Å². The standard InChI is InChI=1S/C22H27N5O5S/c1-13-7-5-6-8-19(13)23-21(29)20(16(4)28)25-24-17-9-11-18(12-10-17)33(30,31)27-22-14(2)15(3)26-32-22/h5-12,14-15,20,22,26-27H,1-4H3,(H,23,29)/t14-,15+,20+,22+/m1/s1. The fourth-order valence-electron chi connectivity index (χ4n) is 3.06. The molecule has 1 aliphatic heterocycles. The van der Waals surface area contributed by atoms with Crippen molar-refractivity contribution in [3.8, 4) is 0 Å². The Hall–Kier alpha value is -2.99. The van der Waals surface area contributed by atoms with E-state index in [0.717, 1.165) is 5.56 Å². The van der Waals surface area contributed by atoms with Gasteiger partial charge in [-0.25, -0.2) is 8.42 Å². The lowest BCUT2D eigenvalue weighted by molar-refractivity contribution is -0.126. The van der Waals surface area contributed by atoms with Crippen molar-refractivity contribution < 1.29 is 22.8 Å². The second kappa shape index (κ2) is 10.3. The van der Waals surface area contributed by atoms with Crippen LogP contribution in [-0.4, -0.2) is 38.4 Å². The zero-order valence-electron chi connectivity index (χ0n) is 18.8. The molecule has 1 fully saturated rings. The predicted molar refractivity (Wildman–Crippen MR) is 122 cm³/mol. The van der Waals surface area contributed by atoms with Gasteiger partial charge < -0.3 is 5.32 Å². The molecule has 0 radical (unpaired) electrons. The molecule has 0 aromatic heterocycles. The van der Waals surface area contributed by atoms with Gasteiger partial charge in [0.15, 0.2) is 5.78 Å². The Kier molecular flexibility index (Phi) is 7.69. The number of carbonyl (C=O) groups excluding carboxylic acids is 2. The Morgan fingerprint density at radius 3 is 2.33 bits per heavy atom. The largest absolute Gasteiger partial charge is 0.324 e. The minimum Gasteiger partial charge on any atom is -0.324 e. The summed E-state index contributed by atoms with van der Waals surface area (Å²) in [6.45, 7) is 6.86. The van der Waals surface area contributed by atoms with Crippen LogP contribution in [0.15, 0.2) is 63.7 Å². The van der Waals surface area contributed by atoms with Crippen LogP contribution in [0.3, 0.4) is 0 Å². The molecule has 1 aliphatic rings. The highest BCUT2D eigenvalue weighted by Gasteiger charge is 2.34. The lowest BCUT2D eigenvalue weighted by atomic mass is 10.1. The molecule has 2 aromatic carbocycles. The normalized spacial score (nSPS) is 21.8. The summed E-state index contributed by atoms with van der Waals surface area (Å²) in [6, 6.07) is 11.5. The average Bonchev–Trinajstić information content (AvgIpc) is 3.07. The summed E-state index contributed by atoms with van der Waals surface area (Å²) in [7, 11) is -3.82. The molecular formula is C22H27N5O5S. The average molecular weight is 474 g/mol.